The second-order valence-corrected chi connectivity index (χ2v) is 20.9. The van der Waals surface area contributed by atoms with Crippen LogP contribution in [0.2, 0.25) is 10.0 Å². The van der Waals surface area contributed by atoms with Crippen molar-refractivity contribution in [3.05, 3.63) is 104 Å². The van der Waals surface area contributed by atoms with Gasteiger partial charge in [-0.1, -0.05) is 42.3 Å². The summed E-state index contributed by atoms with van der Waals surface area (Å²) in [4.78, 5) is 60.3. The fourth-order valence-corrected chi connectivity index (χ4v) is 10.8. The molecule has 4 aromatic heterocycles. The molecule has 4 aliphatic rings. The van der Waals surface area contributed by atoms with Crippen molar-refractivity contribution < 1.29 is 46.2 Å². The van der Waals surface area contributed by atoms with Crippen molar-refractivity contribution in [3.63, 3.8) is 0 Å². The SMILES string of the molecule is C#Cc1nn([C@H]2C[C@H](COC)N(C(=O)C=C)C2)c(NC)c1C(N)=O.C=CC(=O)N1C[C@@H](n2nc(C#Cc3cc4c(cc3Cl)ncn4[C@H]3CC3(F)F)c(C(N)=O)c2NC)C[C@@H]1COC.FC1(F)C[C@@H]1n1cnc2cc(Cl)c(I)cc21. The molecule has 2 aromatic carbocycles. The van der Waals surface area contributed by atoms with Crippen LogP contribution in [0.15, 0.2) is 62.2 Å². The van der Waals surface area contributed by atoms with Crippen LogP contribution in [0, 0.1) is 27.8 Å². The van der Waals surface area contributed by atoms with E-state index >= 15 is 0 Å². The van der Waals surface area contributed by atoms with Gasteiger partial charge in [0.05, 0.1) is 82.1 Å². The molecule has 6 N–H and O–H groups in total. The van der Waals surface area contributed by atoms with E-state index in [9.17, 15) is 36.7 Å². The predicted octanol–water partition coefficient (Wildman–Crippen LogP) is 6.83. The van der Waals surface area contributed by atoms with Crippen molar-refractivity contribution in [2.75, 3.05) is 65.3 Å². The Bertz CT molecular complexity index is 3530. The molecule has 79 heavy (non-hydrogen) atoms. The number of nitrogens with zero attached hydrogens (tertiary/aromatic N) is 10. The van der Waals surface area contributed by atoms with E-state index in [2.05, 4.69) is 84.3 Å². The maximum atomic E-state index is 13.7. The van der Waals surface area contributed by atoms with E-state index < -0.39 is 35.7 Å². The van der Waals surface area contributed by atoms with Gasteiger partial charge in [0.2, 0.25) is 11.8 Å². The van der Waals surface area contributed by atoms with Gasteiger partial charge in [-0.15, -0.1) is 6.42 Å². The molecule has 2 saturated heterocycles. The first kappa shape index (κ1) is 58.0. The van der Waals surface area contributed by atoms with Gasteiger partial charge in [0.1, 0.15) is 40.5 Å². The van der Waals surface area contributed by atoms with Gasteiger partial charge >= 0.3 is 0 Å². The Labute approximate surface area is 473 Å². The third-order valence-corrected chi connectivity index (χ3v) is 15.7. The number of terminal acetylenes is 1. The van der Waals surface area contributed by atoms with E-state index in [0.717, 1.165) is 9.09 Å². The number of nitrogens with one attached hydrogen (secondary N) is 2. The number of carbonyl (C=O) groups excluding carboxylic acids is 4. The second kappa shape index (κ2) is 23.3. The molecule has 20 nitrogen and oxygen atoms in total. The van der Waals surface area contributed by atoms with Crippen LogP contribution in [0.25, 0.3) is 22.1 Å². The van der Waals surface area contributed by atoms with Gasteiger partial charge in [0.15, 0.2) is 5.69 Å². The second-order valence-electron chi connectivity index (χ2n) is 18.9. The van der Waals surface area contributed by atoms with Gasteiger partial charge < -0.3 is 50.5 Å². The number of carbonyl (C=O) groups is 4. The molecule has 6 heterocycles. The van der Waals surface area contributed by atoms with Gasteiger partial charge in [0, 0.05) is 63.4 Å². The van der Waals surface area contributed by atoms with Gasteiger partial charge in [-0.2, -0.15) is 10.2 Å². The number of rotatable bonds is 14. The summed E-state index contributed by atoms with van der Waals surface area (Å²) < 4.78 is 71.0. The zero-order valence-corrected chi connectivity index (χ0v) is 46.6. The molecule has 10 rings (SSSR count). The van der Waals surface area contributed by atoms with Crippen molar-refractivity contribution in [2.45, 2.75) is 73.8 Å². The molecule has 0 unspecified atom stereocenters. The zero-order chi connectivity index (χ0) is 57.4. The van der Waals surface area contributed by atoms with E-state index in [1.165, 1.54) is 33.9 Å². The van der Waals surface area contributed by atoms with Crippen LogP contribution < -0.4 is 22.1 Å². The summed E-state index contributed by atoms with van der Waals surface area (Å²) >= 11 is 14.4. The van der Waals surface area contributed by atoms with Crippen LogP contribution in [0.3, 0.4) is 0 Å². The predicted molar refractivity (Wildman–Crippen MR) is 296 cm³/mol. The van der Waals surface area contributed by atoms with Gasteiger partial charge in [-0.05, 0) is 83.7 Å². The third-order valence-electron chi connectivity index (χ3n) is 13.9. The number of anilines is 2. The van der Waals surface area contributed by atoms with Gasteiger partial charge in [-0.25, -0.2) is 36.9 Å². The topological polar surface area (TPSA) is 241 Å². The number of hydrogen-bond acceptors (Lipinski definition) is 12. The van der Waals surface area contributed by atoms with Crippen LogP contribution in [0.5, 0.6) is 0 Å². The summed E-state index contributed by atoms with van der Waals surface area (Å²) in [7, 11) is 6.43. The lowest BCUT2D eigenvalue weighted by Crippen LogP contribution is -2.37. The van der Waals surface area contributed by atoms with Crippen molar-refractivity contribution in [3.8, 4) is 24.2 Å². The molecule has 2 aliphatic carbocycles. The zero-order valence-electron chi connectivity index (χ0n) is 43.0. The highest BCUT2D eigenvalue weighted by Crippen LogP contribution is 2.54. The lowest BCUT2D eigenvalue weighted by atomic mass is 10.1. The minimum Gasteiger partial charge on any atom is -0.383 e. The molecule has 6 aromatic rings. The lowest BCUT2D eigenvalue weighted by Gasteiger charge is -2.22. The standard InChI is InChI=1S/C26H26ClF2N7O3.C16H21N5O3.C10H6ClF2IN2/c1-4-22(37)34-11-15(8-16(34)12-39-3)36-25(31-2)23(24(30)38)18(33-36)6-5-14-7-20-19(9-17(14)27)32-13-35(20)21-10-26(21,28)29;1-5-12-14(15(17)23)16(18-3)21(19-12)10-7-11(9-24-4)20(8-10)13(22)6-2;11-5-1-7-8(2-6(5)14)16(4-15-7)9-3-10(9,12)13/h4,7,9,13,15-16,21,31H,1,8,10-12H2,2-3H3,(H2,30,38);1,6,10-11,18H,2,7-9H2,3-4H3,(H2,17,23);1-2,4,9H,3H2/t15-,16+,21-;10-,11+;9-/m000/s1. The number of primary amides is 2. The minimum atomic E-state index is -2.78. The number of fused-ring (bicyclic) bond motifs is 2. The highest BCUT2D eigenvalue weighted by Gasteiger charge is 2.59. The van der Waals surface area contributed by atoms with Crippen LogP contribution in [-0.2, 0) is 19.1 Å². The highest BCUT2D eigenvalue weighted by molar-refractivity contribution is 14.1. The van der Waals surface area contributed by atoms with E-state index in [-0.39, 0.29) is 76.4 Å². The summed E-state index contributed by atoms with van der Waals surface area (Å²) in [6, 6.07) is 4.19. The van der Waals surface area contributed by atoms with E-state index in [1.54, 1.807) is 71.7 Å². The number of aromatic nitrogens is 8. The van der Waals surface area contributed by atoms with E-state index in [0.29, 0.717) is 77.9 Å². The van der Waals surface area contributed by atoms with Crippen LogP contribution in [-0.4, -0.2) is 151 Å². The molecule has 0 spiro atoms. The Morgan fingerprint density at radius 2 is 1.19 bits per heavy atom. The number of halogens is 7. The third kappa shape index (κ3) is 11.6. The molecule has 4 amide bonds. The molecule has 4 fully saturated rings. The van der Waals surface area contributed by atoms with Gasteiger partial charge in [0.25, 0.3) is 23.7 Å². The summed E-state index contributed by atoms with van der Waals surface area (Å²) in [6.07, 6.45) is 11.6. The fourth-order valence-electron chi connectivity index (χ4n) is 9.94. The number of methoxy groups -OCH3 is 2. The summed E-state index contributed by atoms with van der Waals surface area (Å²) in [5.41, 5.74) is 14.4. The highest BCUT2D eigenvalue weighted by atomic mass is 127. The number of alkyl halides is 4. The number of ether oxygens (including phenoxy) is 2. The molecule has 6 atom stereocenters. The van der Waals surface area contributed by atoms with E-state index in [1.807, 2.05) is 0 Å². The number of imidazole rings is 2. The van der Waals surface area contributed by atoms with Crippen LogP contribution in [0.1, 0.15) is 87.5 Å². The van der Waals surface area contributed by atoms with Crippen molar-refractivity contribution in [1.82, 2.24) is 48.5 Å². The first-order chi connectivity index (χ1) is 37.6. The fraction of sp³-hybridized carbons (Fsp3) is 0.385. The van der Waals surface area contributed by atoms with Crippen LogP contribution in [0.4, 0.5) is 29.2 Å². The van der Waals surface area contributed by atoms with Crippen molar-refractivity contribution >= 4 is 103 Å². The average molecular weight is 1240 g/mol. The Hall–Kier alpha value is -7.17. The maximum Gasteiger partial charge on any atom is 0.270 e. The van der Waals surface area contributed by atoms with Gasteiger partial charge in [-0.3, -0.25) is 19.2 Å². The number of likely N-dealkylation sites (tertiary alicyclic amines) is 2. The monoisotopic (exact) mass is 1240 g/mol. The number of nitrogens with two attached hydrogens (primary N) is 2. The average Bonchev–Trinajstić information content (AvgIpc) is 4.07. The molecule has 27 heteroatoms. The van der Waals surface area contributed by atoms with Crippen LogP contribution >= 0.6 is 45.8 Å². The number of amides is 4. The first-order valence-electron chi connectivity index (χ1n) is 24.3. The molecule has 0 bridgehead atoms. The quantitative estimate of drug-likeness (QED) is 0.0380. The first-order valence-corrected chi connectivity index (χ1v) is 26.2. The lowest BCUT2D eigenvalue weighted by molar-refractivity contribution is -0.128. The summed E-state index contributed by atoms with van der Waals surface area (Å²) in [5, 5.41) is 15.7. The Kier molecular flexibility index (Phi) is 17.1. The number of hydrogen-bond donors (Lipinski definition) is 4. The molecule has 2 saturated carbocycles. The Morgan fingerprint density at radius 3 is 1.59 bits per heavy atom. The largest absolute Gasteiger partial charge is 0.383 e. The Balaban J connectivity index is 0.000000173. The molecule has 2 aliphatic heterocycles. The molecular formula is C52H53Cl2F4IN14O6. The molecular weight excluding hydrogens is 1190 g/mol. The van der Waals surface area contributed by atoms with Crippen molar-refractivity contribution in [2.24, 2.45) is 11.5 Å². The molecule has 0 radical (unpaired) electrons. The summed E-state index contributed by atoms with van der Waals surface area (Å²) in [6.45, 7) is 8.56. The number of benzene rings is 2. The molecule has 416 valence electrons. The van der Waals surface area contributed by atoms with E-state index in [4.69, 9.17) is 50.6 Å². The normalized spacial score (nSPS) is 21.2. The summed E-state index contributed by atoms with van der Waals surface area (Å²) in [5.74, 6) is 1.82. The maximum absolute atomic E-state index is 13.7. The minimum absolute atomic E-state index is 0.0849. The Morgan fingerprint density at radius 1 is 0.759 bits per heavy atom. The smallest absolute Gasteiger partial charge is 0.270 e. The van der Waals surface area contributed by atoms with Crippen molar-refractivity contribution in [1.29, 1.82) is 0 Å².